The highest BCUT2D eigenvalue weighted by atomic mass is 79.9. The Hall–Kier alpha value is -1.62. The van der Waals surface area contributed by atoms with Crippen LogP contribution in [0.4, 0.5) is 14.5 Å². The standard InChI is InChI=1S/C13H10BrF2NO/c14-9-1-3-11(16)8(5-9)7-18-13-6-10(15)2-4-12(13)17/h1-6H,7,17H2. The molecular weight excluding hydrogens is 304 g/mol. The Morgan fingerprint density at radius 1 is 1.11 bits per heavy atom. The first-order valence-corrected chi connectivity index (χ1v) is 5.97. The number of nitrogen functional groups attached to an aromatic ring is 1. The number of rotatable bonds is 3. The third kappa shape index (κ3) is 2.98. The molecule has 2 aromatic rings. The largest absolute Gasteiger partial charge is 0.487 e. The molecule has 0 radical (unpaired) electrons. The molecular formula is C13H10BrF2NO. The van der Waals surface area contributed by atoms with Gasteiger partial charge < -0.3 is 10.5 Å². The van der Waals surface area contributed by atoms with Crippen molar-refractivity contribution >= 4 is 21.6 Å². The molecule has 18 heavy (non-hydrogen) atoms. The number of nitrogens with two attached hydrogens (primary N) is 1. The van der Waals surface area contributed by atoms with Crippen molar-refractivity contribution in [2.75, 3.05) is 5.73 Å². The van der Waals surface area contributed by atoms with Crippen molar-refractivity contribution in [3.05, 3.63) is 58.1 Å². The van der Waals surface area contributed by atoms with Gasteiger partial charge in [0.15, 0.2) is 0 Å². The van der Waals surface area contributed by atoms with Gasteiger partial charge in [0.1, 0.15) is 24.0 Å². The van der Waals surface area contributed by atoms with Gasteiger partial charge in [-0.1, -0.05) is 15.9 Å². The van der Waals surface area contributed by atoms with Crippen LogP contribution >= 0.6 is 15.9 Å². The van der Waals surface area contributed by atoms with Gasteiger partial charge >= 0.3 is 0 Å². The highest BCUT2D eigenvalue weighted by Gasteiger charge is 2.06. The summed E-state index contributed by atoms with van der Waals surface area (Å²) in [6, 6.07) is 8.34. The molecule has 2 N–H and O–H groups in total. The summed E-state index contributed by atoms with van der Waals surface area (Å²) in [5.74, 6) is -0.628. The maximum Gasteiger partial charge on any atom is 0.145 e. The van der Waals surface area contributed by atoms with Crippen LogP contribution in [-0.2, 0) is 6.61 Å². The van der Waals surface area contributed by atoms with Crippen LogP contribution in [0.15, 0.2) is 40.9 Å². The average molecular weight is 314 g/mol. The first-order chi connectivity index (χ1) is 8.56. The maximum atomic E-state index is 13.4. The smallest absolute Gasteiger partial charge is 0.145 e. The fraction of sp³-hybridized carbons (Fsp3) is 0.0769. The topological polar surface area (TPSA) is 35.2 Å². The number of anilines is 1. The van der Waals surface area contributed by atoms with E-state index in [4.69, 9.17) is 10.5 Å². The van der Waals surface area contributed by atoms with Gasteiger partial charge in [0, 0.05) is 16.1 Å². The first kappa shape index (κ1) is 12.8. The van der Waals surface area contributed by atoms with Crippen molar-refractivity contribution < 1.29 is 13.5 Å². The van der Waals surface area contributed by atoms with E-state index in [2.05, 4.69) is 15.9 Å². The second-order valence-corrected chi connectivity index (χ2v) is 4.62. The van der Waals surface area contributed by atoms with Crippen LogP contribution in [0.5, 0.6) is 5.75 Å². The van der Waals surface area contributed by atoms with Crippen LogP contribution < -0.4 is 10.5 Å². The molecule has 2 nitrogen and oxygen atoms in total. The van der Waals surface area contributed by atoms with E-state index in [1.165, 1.54) is 24.3 Å². The van der Waals surface area contributed by atoms with Crippen LogP contribution in [0.1, 0.15) is 5.56 Å². The Bertz CT molecular complexity index is 523. The van der Waals surface area contributed by atoms with Gasteiger partial charge in [0.2, 0.25) is 0 Å². The van der Waals surface area contributed by atoms with E-state index in [0.717, 1.165) is 4.47 Å². The molecule has 0 fully saturated rings. The molecule has 0 spiro atoms. The molecule has 0 saturated heterocycles. The van der Waals surface area contributed by atoms with E-state index >= 15 is 0 Å². The highest BCUT2D eigenvalue weighted by molar-refractivity contribution is 9.10. The normalized spacial score (nSPS) is 10.4. The van der Waals surface area contributed by atoms with Crippen molar-refractivity contribution in [2.45, 2.75) is 6.61 Å². The molecule has 0 aliphatic heterocycles. The molecule has 5 heteroatoms. The van der Waals surface area contributed by atoms with Crippen molar-refractivity contribution in [3.8, 4) is 5.75 Å². The fourth-order valence-electron chi connectivity index (χ4n) is 1.44. The minimum atomic E-state index is -0.450. The first-order valence-electron chi connectivity index (χ1n) is 5.18. The Morgan fingerprint density at radius 3 is 2.67 bits per heavy atom. The van der Waals surface area contributed by atoms with E-state index in [0.29, 0.717) is 11.3 Å². The molecule has 0 unspecified atom stereocenters. The Balaban J connectivity index is 2.16. The summed E-state index contributed by atoms with van der Waals surface area (Å²) in [7, 11) is 0. The number of hydrogen-bond acceptors (Lipinski definition) is 2. The summed E-state index contributed by atoms with van der Waals surface area (Å²) < 4.78 is 32.5. The molecule has 0 bridgehead atoms. The molecule has 0 atom stereocenters. The van der Waals surface area contributed by atoms with Crippen molar-refractivity contribution in [2.24, 2.45) is 0 Å². The fourth-order valence-corrected chi connectivity index (χ4v) is 1.85. The van der Waals surface area contributed by atoms with E-state index in [1.807, 2.05) is 0 Å². The second kappa shape index (κ2) is 5.35. The molecule has 0 heterocycles. The minimum Gasteiger partial charge on any atom is -0.487 e. The summed E-state index contributed by atoms with van der Waals surface area (Å²) in [6.07, 6.45) is 0. The SMILES string of the molecule is Nc1ccc(F)cc1OCc1cc(Br)ccc1F. The molecule has 2 rings (SSSR count). The Labute approximate surface area is 112 Å². The van der Waals surface area contributed by atoms with Crippen molar-refractivity contribution in [1.82, 2.24) is 0 Å². The Morgan fingerprint density at radius 2 is 1.89 bits per heavy atom. The Kier molecular flexibility index (Phi) is 3.81. The lowest BCUT2D eigenvalue weighted by Crippen LogP contribution is -2.01. The molecule has 0 saturated carbocycles. The number of halogens is 3. The summed E-state index contributed by atoms with van der Waals surface area (Å²) in [5.41, 5.74) is 6.31. The summed E-state index contributed by atoms with van der Waals surface area (Å²) in [5, 5.41) is 0. The number of benzene rings is 2. The van der Waals surface area contributed by atoms with Gasteiger partial charge in [-0.05, 0) is 30.3 Å². The molecule has 0 aliphatic carbocycles. The van der Waals surface area contributed by atoms with Gasteiger partial charge in [0.25, 0.3) is 0 Å². The zero-order valence-electron chi connectivity index (χ0n) is 9.29. The highest BCUT2D eigenvalue weighted by Crippen LogP contribution is 2.24. The van der Waals surface area contributed by atoms with Crippen molar-refractivity contribution in [1.29, 1.82) is 0 Å². The minimum absolute atomic E-state index is 0.0150. The van der Waals surface area contributed by atoms with Crippen LogP contribution in [0.3, 0.4) is 0 Å². The molecule has 94 valence electrons. The van der Waals surface area contributed by atoms with Gasteiger partial charge in [-0.15, -0.1) is 0 Å². The zero-order chi connectivity index (χ0) is 13.1. The summed E-state index contributed by atoms with van der Waals surface area (Å²) in [6.45, 7) is -0.0150. The van der Waals surface area contributed by atoms with Gasteiger partial charge in [-0.2, -0.15) is 0 Å². The molecule has 0 amide bonds. The van der Waals surface area contributed by atoms with E-state index < -0.39 is 5.82 Å². The quantitative estimate of drug-likeness (QED) is 0.873. The molecule has 2 aromatic carbocycles. The number of ether oxygens (including phenoxy) is 1. The van der Waals surface area contributed by atoms with Crippen LogP contribution in [0.2, 0.25) is 0 Å². The van der Waals surface area contributed by atoms with Crippen molar-refractivity contribution in [3.63, 3.8) is 0 Å². The monoisotopic (exact) mass is 313 g/mol. The van der Waals surface area contributed by atoms with Crippen LogP contribution in [-0.4, -0.2) is 0 Å². The van der Waals surface area contributed by atoms with Crippen LogP contribution in [0, 0.1) is 11.6 Å². The van der Waals surface area contributed by atoms with Gasteiger partial charge in [-0.25, -0.2) is 8.78 Å². The second-order valence-electron chi connectivity index (χ2n) is 3.71. The van der Waals surface area contributed by atoms with Crippen LogP contribution in [0.25, 0.3) is 0 Å². The predicted octanol–water partition coefficient (Wildman–Crippen LogP) is 3.89. The summed E-state index contributed by atoms with van der Waals surface area (Å²) >= 11 is 3.24. The van der Waals surface area contributed by atoms with E-state index in [1.54, 1.807) is 12.1 Å². The summed E-state index contributed by atoms with van der Waals surface area (Å²) in [4.78, 5) is 0. The van der Waals surface area contributed by atoms with E-state index in [-0.39, 0.29) is 18.2 Å². The average Bonchev–Trinajstić information content (AvgIpc) is 2.34. The van der Waals surface area contributed by atoms with Gasteiger partial charge in [0.05, 0.1) is 5.69 Å². The lowest BCUT2D eigenvalue weighted by molar-refractivity contribution is 0.300. The van der Waals surface area contributed by atoms with Gasteiger partial charge in [-0.3, -0.25) is 0 Å². The molecule has 0 aromatic heterocycles. The third-order valence-corrected chi connectivity index (χ3v) is 2.86. The van der Waals surface area contributed by atoms with E-state index in [9.17, 15) is 8.78 Å². The lowest BCUT2D eigenvalue weighted by atomic mass is 10.2. The number of hydrogen-bond donors (Lipinski definition) is 1. The predicted molar refractivity (Wildman–Crippen MR) is 69.2 cm³/mol. The maximum absolute atomic E-state index is 13.4. The zero-order valence-corrected chi connectivity index (χ0v) is 10.9. The molecule has 0 aliphatic rings. The lowest BCUT2D eigenvalue weighted by Gasteiger charge is -2.09. The third-order valence-electron chi connectivity index (χ3n) is 2.37.